The van der Waals surface area contributed by atoms with Crippen LogP contribution in [0.5, 0.6) is 11.8 Å². The number of ether oxygens (including phenoxy) is 2. The molecule has 37 heavy (non-hydrogen) atoms. The minimum atomic E-state index is -1.05. The number of nitrogens with zero attached hydrogens (tertiary/aromatic N) is 3. The summed E-state index contributed by atoms with van der Waals surface area (Å²) >= 11 is 0. The van der Waals surface area contributed by atoms with Crippen LogP contribution < -0.4 is 19.7 Å². The maximum absolute atomic E-state index is 13.3. The molecule has 194 valence electrons. The molecule has 1 aromatic heterocycles. The van der Waals surface area contributed by atoms with Crippen LogP contribution in [0.15, 0.2) is 54.9 Å². The summed E-state index contributed by atoms with van der Waals surface area (Å²) in [7, 11) is 0. The van der Waals surface area contributed by atoms with Crippen molar-refractivity contribution in [1.82, 2.24) is 9.97 Å². The minimum absolute atomic E-state index is 0.0482. The van der Waals surface area contributed by atoms with E-state index >= 15 is 0 Å². The van der Waals surface area contributed by atoms with Gasteiger partial charge in [-0.05, 0) is 56.0 Å². The lowest BCUT2D eigenvalue weighted by atomic mass is 9.95. The number of amides is 2. The Morgan fingerprint density at radius 3 is 2.54 bits per heavy atom. The fourth-order valence-corrected chi connectivity index (χ4v) is 3.91. The lowest BCUT2D eigenvalue weighted by Crippen LogP contribution is -2.45. The summed E-state index contributed by atoms with van der Waals surface area (Å²) in [6.07, 6.45) is 4.66. The van der Waals surface area contributed by atoms with Gasteiger partial charge < -0.3 is 19.9 Å². The Bertz CT molecular complexity index is 1280. The fraction of sp³-hybridized carbons (Fsp3) is 0.357. The van der Waals surface area contributed by atoms with Crippen molar-refractivity contribution in [2.45, 2.75) is 46.6 Å². The monoisotopic (exact) mass is 504 g/mol. The Labute approximate surface area is 216 Å². The predicted molar refractivity (Wildman–Crippen MR) is 141 cm³/mol. The second-order valence-electron chi connectivity index (χ2n) is 9.61. The summed E-state index contributed by atoms with van der Waals surface area (Å²) in [5, 5.41) is 12.3. The number of para-hydroxylation sites is 1. The number of carboxylic acid groups (broad SMARTS) is 1. The molecule has 3 aromatic rings. The van der Waals surface area contributed by atoms with Crippen LogP contribution in [0.25, 0.3) is 11.1 Å². The highest BCUT2D eigenvalue weighted by molar-refractivity contribution is 6.03. The molecule has 0 saturated heterocycles. The number of fused-ring (bicyclic) bond motifs is 1. The molecule has 9 heteroatoms. The van der Waals surface area contributed by atoms with E-state index in [0.29, 0.717) is 18.0 Å². The number of carbonyl (C=O) groups excluding carboxylic acids is 1. The molecule has 2 heterocycles. The third kappa shape index (κ3) is 5.82. The smallest absolute Gasteiger partial charge is 0.326 e. The maximum atomic E-state index is 13.3. The highest BCUT2D eigenvalue weighted by atomic mass is 16.5. The average Bonchev–Trinajstić information content (AvgIpc) is 2.91. The van der Waals surface area contributed by atoms with Crippen LogP contribution in [0.4, 0.5) is 16.2 Å². The van der Waals surface area contributed by atoms with E-state index in [1.165, 1.54) is 0 Å². The SMILES string of the molecule is CCc1ccccc1NC(=O)N1CC(CC)Oc2cc(-c3cnc(OCC(C)(C)C(=O)O)nc3)ccc21. The average molecular weight is 505 g/mol. The van der Waals surface area contributed by atoms with E-state index in [-0.39, 0.29) is 24.8 Å². The van der Waals surface area contributed by atoms with E-state index in [4.69, 9.17) is 9.47 Å². The van der Waals surface area contributed by atoms with E-state index < -0.39 is 11.4 Å². The van der Waals surface area contributed by atoms with Crippen molar-refractivity contribution in [2.24, 2.45) is 5.41 Å². The summed E-state index contributed by atoms with van der Waals surface area (Å²) in [4.78, 5) is 34.8. The van der Waals surface area contributed by atoms with Crippen molar-refractivity contribution in [1.29, 1.82) is 0 Å². The Hall–Kier alpha value is -4.14. The molecular formula is C28H32N4O5. The van der Waals surface area contributed by atoms with Gasteiger partial charge in [0.15, 0.2) is 0 Å². The molecule has 4 rings (SSSR count). The number of carboxylic acids is 1. The normalized spacial score (nSPS) is 14.9. The second-order valence-corrected chi connectivity index (χ2v) is 9.61. The van der Waals surface area contributed by atoms with Crippen LogP contribution in [-0.4, -0.2) is 46.3 Å². The largest absolute Gasteiger partial charge is 0.486 e. The molecule has 0 fully saturated rings. The summed E-state index contributed by atoms with van der Waals surface area (Å²) in [5.41, 5.74) is 3.08. The van der Waals surface area contributed by atoms with Crippen molar-refractivity contribution in [2.75, 3.05) is 23.4 Å². The van der Waals surface area contributed by atoms with Gasteiger partial charge in [0.25, 0.3) is 0 Å². The first kappa shape index (κ1) is 25.9. The van der Waals surface area contributed by atoms with Gasteiger partial charge in [-0.15, -0.1) is 0 Å². The van der Waals surface area contributed by atoms with Crippen LogP contribution in [0.2, 0.25) is 0 Å². The molecule has 1 aliphatic rings. The number of hydrogen-bond acceptors (Lipinski definition) is 6. The van der Waals surface area contributed by atoms with E-state index in [1.807, 2.05) is 49.4 Å². The lowest BCUT2D eigenvalue weighted by Gasteiger charge is -2.35. The summed E-state index contributed by atoms with van der Waals surface area (Å²) in [5.74, 6) is -0.348. The number of anilines is 2. The van der Waals surface area contributed by atoms with Gasteiger partial charge >= 0.3 is 18.0 Å². The standard InChI is InChI=1S/C28H32N4O5/c1-5-18-9-7-8-10-22(18)31-27(35)32-16-21(6-2)37-24-13-19(11-12-23(24)32)20-14-29-26(30-15-20)36-17-28(3,4)25(33)34/h7-15,21H,5-6,16-17H2,1-4H3,(H,31,35)(H,33,34). The first-order chi connectivity index (χ1) is 17.7. The number of benzene rings is 2. The Kier molecular flexibility index (Phi) is 7.61. The van der Waals surface area contributed by atoms with E-state index in [1.54, 1.807) is 31.1 Å². The van der Waals surface area contributed by atoms with Crippen LogP contribution in [0.1, 0.15) is 39.7 Å². The molecule has 0 saturated carbocycles. The van der Waals surface area contributed by atoms with Crippen molar-refractivity contribution >= 4 is 23.4 Å². The number of aryl methyl sites for hydroxylation is 1. The molecule has 1 unspecified atom stereocenters. The van der Waals surface area contributed by atoms with Crippen LogP contribution in [-0.2, 0) is 11.2 Å². The Balaban J connectivity index is 1.54. The Morgan fingerprint density at radius 1 is 1.14 bits per heavy atom. The van der Waals surface area contributed by atoms with Crippen LogP contribution in [0.3, 0.4) is 0 Å². The number of carbonyl (C=O) groups is 2. The molecule has 9 nitrogen and oxygen atoms in total. The van der Waals surface area contributed by atoms with Gasteiger partial charge in [0.2, 0.25) is 0 Å². The van der Waals surface area contributed by atoms with Gasteiger partial charge in [0, 0.05) is 23.6 Å². The molecule has 1 aliphatic heterocycles. The Morgan fingerprint density at radius 2 is 1.86 bits per heavy atom. The highest BCUT2D eigenvalue weighted by Crippen LogP contribution is 2.38. The first-order valence-electron chi connectivity index (χ1n) is 12.4. The van der Waals surface area contributed by atoms with Gasteiger partial charge in [-0.1, -0.05) is 38.1 Å². The van der Waals surface area contributed by atoms with Crippen LogP contribution in [0, 0.1) is 5.41 Å². The number of aromatic nitrogens is 2. The zero-order valence-electron chi connectivity index (χ0n) is 21.5. The van der Waals surface area contributed by atoms with Gasteiger partial charge in [-0.3, -0.25) is 9.69 Å². The third-order valence-electron chi connectivity index (χ3n) is 6.37. The van der Waals surface area contributed by atoms with Crippen molar-refractivity contribution in [3.63, 3.8) is 0 Å². The summed E-state index contributed by atoms with van der Waals surface area (Å²) in [6.45, 7) is 7.64. The van der Waals surface area contributed by atoms with Crippen molar-refractivity contribution < 1.29 is 24.2 Å². The lowest BCUT2D eigenvalue weighted by molar-refractivity contribution is -0.148. The van der Waals surface area contributed by atoms with Crippen LogP contribution >= 0.6 is 0 Å². The van der Waals surface area contributed by atoms with Crippen molar-refractivity contribution in [3.8, 4) is 22.9 Å². The quantitative estimate of drug-likeness (QED) is 0.422. The minimum Gasteiger partial charge on any atom is -0.486 e. The van der Waals surface area contributed by atoms with Gasteiger partial charge in [0.1, 0.15) is 18.5 Å². The number of urea groups is 1. The van der Waals surface area contributed by atoms with Crippen molar-refractivity contribution in [3.05, 3.63) is 60.4 Å². The zero-order chi connectivity index (χ0) is 26.6. The number of hydrogen-bond donors (Lipinski definition) is 2. The predicted octanol–water partition coefficient (Wildman–Crippen LogP) is 5.41. The molecule has 1 atom stereocenters. The molecule has 2 aromatic carbocycles. The molecule has 0 radical (unpaired) electrons. The van der Waals surface area contributed by atoms with Gasteiger partial charge in [0.05, 0.1) is 17.6 Å². The second kappa shape index (κ2) is 10.9. The molecule has 2 N–H and O–H groups in total. The van der Waals surface area contributed by atoms with E-state index in [2.05, 4.69) is 22.2 Å². The number of aliphatic carboxylic acids is 1. The molecule has 0 aliphatic carbocycles. The maximum Gasteiger partial charge on any atom is 0.326 e. The first-order valence-corrected chi connectivity index (χ1v) is 12.4. The highest BCUT2D eigenvalue weighted by Gasteiger charge is 2.30. The van der Waals surface area contributed by atoms with E-state index in [0.717, 1.165) is 35.2 Å². The summed E-state index contributed by atoms with van der Waals surface area (Å²) in [6, 6.07) is 13.3. The fourth-order valence-electron chi connectivity index (χ4n) is 3.91. The third-order valence-corrected chi connectivity index (χ3v) is 6.37. The van der Waals surface area contributed by atoms with E-state index in [9.17, 15) is 14.7 Å². The molecular weight excluding hydrogens is 472 g/mol. The number of nitrogens with one attached hydrogen (secondary N) is 1. The van der Waals surface area contributed by atoms with Gasteiger partial charge in [-0.25, -0.2) is 14.8 Å². The molecule has 0 bridgehead atoms. The topological polar surface area (TPSA) is 114 Å². The molecule has 2 amide bonds. The van der Waals surface area contributed by atoms with Gasteiger partial charge in [-0.2, -0.15) is 0 Å². The molecule has 0 spiro atoms. The zero-order valence-corrected chi connectivity index (χ0v) is 21.5. The summed E-state index contributed by atoms with van der Waals surface area (Å²) < 4.78 is 11.7. The number of rotatable bonds is 8.